The molecule has 0 unspecified atom stereocenters. The Bertz CT molecular complexity index is 576. The monoisotopic (exact) mass is 313 g/mol. The first-order valence-electron chi connectivity index (χ1n) is 7.63. The lowest BCUT2D eigenvalue weighted by Crippen LogP contribution is -2.46. The molecule has 1 atom stereocenters. The fourth-order valence-corrected chi connectivity index (χ4v) is 3.64. The van der Waals surface area contributed by atoms with Crippen LogP contribution in [0.5, 0.6) is 0 Å². The largest absolute Gasteiger partial charge is 0.448 e. The highest BCUT2D eigenvalue weighted by Crippen LogP contribution is 2.32. The second kappa shape index (κ2) is 6.10. The van der Waals surface area contributed by atoms with E-state index in [0.717, 1.165) is 31.4 Å². The number of sulfone groups is 1. The number of rotatable bonds is 5. The van der Waals surface area contributed by atoms with E-state index >= 15 is 0 Å². The van der Waals surface area contributed by atoms with Crippen molar-refractivity contribution < 1.29 is 17.6 Å². The first kappa shape index (κ1) is 15.1. The van der Waals surface area contributed by atoms with E-state index in [0.29, 0.717) is 12.6 Å². The molecule has 1 aromatic rings. The fraction of sp³-hybridized carbons (Fsp3) is 0.733. The quantitative estimate of drug-likeness (QED) is 0.833. The van der Waals surface area contributed by atoms with Crippen molar-refractivity contribution in [1.82, 2.24) is 4.90 Å². The molecule has 3 rings (SSSR count). The topological polar surface area (TPSA) is 59.8 Å². The van der Waals surface area contributed by atoms with Crippen LogP contribution in [0.15, 0.2) is 21.6 Å². The Labute approximate surface area is 126 Å². The van der Waals surface area contributed by atoms with E-state index in [1.165, 1.54) is 31.9 Å². The summed E-state index contributed by atoms with van der Waals surface area (Å²) >= 11 is 0. The zero-order valence-corrected chi connectivity index (χ0v) is 13.3. The molecule has 0 amide bonds. The van der Waals surface area contributed by atoms with Crippen LogP contribution in [0.1, 0.15) is 31.4 Å². The molecule has 0 N–H and O–H groups in total. The molecule has 0 bridgehead atoms. The average Bonchev–Trinajstić information content (AvgIpc) is 2.84. The molecule has 21 heavy (non-hydrogen) atoms. The van der Waals surface area contributed by atoms with E-state index in [-0.39, 0.29) is 5.09 Å². The minimum absolute atomic E-state index is 0.0568. The van der Waals surface area contributed by atoms with Gasteiger partial charge < -0.3 is 9.15 Å². The molecule has 118 valence electrons. The van der Waals surface area contributed by atoms with Crippen molar-refractivity contribution >= 4 is 9.84 Å². The number of nitrogens with zero attached hydrogens (tertiary/aromatic N) is 1. The highest BCUT2D eigenvalue weighted by molar-refractivity contribution is 7.90. The third-order valence-electron chi connectivity index (χ3n) is 4.54. The SMILES string of the molecule is CS(=O)(=O)c1ccc(CN2CCOC[C@@H]2CC2CCC2)o1. The van der Waals surface area contributed by atoms with Gasteiger partial charge in [0.1, 0.15) is 5.76 Å². The molecule has 1 aliphatic carbocycles. The lowest BCUT2D eigenvalue weighted by Gasteiger charge is -2.39. The molecule has 0 aromatic carbocycles. The van der Waals surface area contributed by atoms with Gasteiger partial charge in [-0.3, -0.25) is 4.90 Å². The summed E-state index contributed by atoms with van der Waals surface area (Å²) in [7, 11) is -3.26. The maximum absolute atomic E-state index is 11.5. The van der Waals surface area contributed by atoms with Gasteiger partial charge >= 0.3 is 0 Å². The number of furan rings is 1. The molecule has 2 fully saturated rings. The first-order chi connectivity index (χ1) is 10.0. The van der Waals surface area contributed by atoms with Crippen molar-refractivity contribution in [3.05, 3.63) is 17.9 Å². The summed E-state index contributed by atoms with van der Waals surface area (Å²) in [5.74, 6) is 1.55. The van der Waals surface area contributed by atoms with Crippen LogP contribution < -0.4 is 0 Å². The van der Waals surface area contributed by atoms with Crippen molar-refractivity contribution in [2.75, 3.05) is 26.0 Å². The summed E-state index contributed by atoms with van der Waals surface area (Å²) in [5.41, 5.74) is 0. The molecule has 1 aromatic heterocycles. The maximum Gasteiger partial charge on any atom is 0.217 e. The molecule has 0 radical (unpaired) electrons. The Morgan fingerprint density at radius 3 is 2.76 bits per heavy atom. The molecule has 1 saturated heterocycles. The maximum atomic E-state index is 11.5. The van der Waals surface area contributed by atoms with E-state index in [2.05, 4.69) is 4.90 Å². The highest BCUT2D eigenvalue weighted by Gasteiger charge is 2.29. The van der Waals surface area contributed by atoms with Crippen molar-refractivity contribution in [2.24, 2.45) is 5.92 Å². The van der Waals surface area contributed by atoms with E-state index in [9.17, 15) is 8.42 Å². The van der Waals surface area contributed by atoms with Crippen LogP contribution in [0.25, 0.3) is 0 Å². The molecule has 6 heteroatoms. The fourth-order valence-electron chi connectivity index (χ4n) is 3.07. The highest BCUT2D eigenvalue weighted by atomic mass is 32.2. The molecule has 1 aliphatic heterocycles. The summed E-state index contributed by atoms with van der Waals surface area (Å²) in [5, 5.41) is 0.0568. The van der Waals surface area contributed by atoms with Gasteiger partial charge in [-0.2, -0.15) is 0 Å². The van der Waals surface area contributed by atoms with Gasteiger partial charge in [-0.1, -0.05) is 19.3 Å². The predicted molar refractivity (Wildman–Crippen MR) is 78.8 cm³/mol. The third kappa shape index (κ3) is 3.67. The Balaban J connectivity index is 1.64. The van der Waals surface area contributed by atoms with Gasteiger partial charge in [-0.25, -0.2) is 8.42 Å². The van der Waals surface area contributed by atoms with Crippen molar-refractivity contribution in [1.29, 1.82) is 0 Å². The second-order valence-electron chi connectivity index (χ2n) is 6.22. The minimum Gasteiger partial charge on any atom is -0.448 e. The summed E-state index contributed by atoms with van der Waals surface area (Å²) in [4.78, 5) is 2.37. The molecular formula is C15H23NO4S. The second-order valence-corrected chi connectivity index (χ2v) is 8.17. The van der Waals surface area contributed by atoms with Crippen LogP contribution in [0, 0.1) is 5.92 Å². The number of morpholine rings is 1. The zero-order valence-electron chi connectivity index (χ0n) is 12.5. The Morgan fingerprint density at radius 1 is 1.33 bits per heavy atom. The summed E-state index contributed by atoms with van der Waals surface area (Å²) < 4.78 is 34.0. The molecular weight excluding hydrogens is 290 g/mol. The Hall–Kier alpha value is -0.850. The van der Waals surface area contributed by atoms with Gasteiger partial charge in [0.15, 0.2) is 0 Å². The van der Waals surface area contributed by atoms with Crippen LogP contribution in [-0.4, -0.2) is 45.4 Å². The van der Waals surface area contributed by atoms with E-state index in [1.807, 2.05) is 0 Å². The first-order valence-corrected chi connectivity index (χ1v) is 9.52. The number of hydrogen-bond donors (Lipinski definition) is 0. The van der Waals surface area contributed by atoms with Crippen molar-refractivity contribution in [3.63, 3.8) is 0 Å². The summed E-state index contributed by atoms with van der Waals surface area (Å²) in [6, 6.07) is 3.74. The van der Waals surface area contributed by atoms with E-state index < -0.39 is 9.84 Å². The zero-order chi connectivity index (χ0) is 14.9. The Morgan fingerprint density at radius 2 is 2.14 bits per heavy atom. The van der Waals surface area contributed by atoms with Crippen LogP contribution in [0.4, 0.5) is 0 Å². The Kier molecular flexibility index (Phi) is 4.38. The van der Waals surface area contributed by atoms with Gasteiger partial charge in [-0.05, 0) is 24.5 Å². The normalized spacial score (nSPS) is 24.9. The van der Waals surface area contributed by atoms with Crippen LogP contribution in [-0.2, 0) is 21.1 Å². The molecule has 1 saturated carbocycles. The summed E-state index contributed by atoms with van der Waals surface area (Å²) in [6.07, 6.45) is 6.38. The van der Waals surface area contributed by atoms with Gasteiger partial charge in [0.05, 0.1) is 19.8 Å². The van der Waals surface area contributed by atoms with Gasteiger partial charge in [0.2, 0.25) is 14.9 Å². The molecule has 2 heterocycles. The average molecular weight is 313 g/mol. The van der Waals surface area contributed by atoms with Gasteiger partial charge in [-0.15, -0.1) is 0 Å². The van der Waals surface area contributed by atoms with E-state index in [1.54, 1.807) is 12.1 Å². The van der Waals surface area contributed by atoms with Gasteiger partial charge in [0, 0.05) is 18.8 Å². The molecule has 2 aliphatic rings. The molecule has 0 spiro atoms. The van der Waals surface area contributed by atoms with Crippen LogP contribution >= 0.6 is 0 Å². The smallest absolute Gasteiger partial charge is 0.217 e. The summed E-state index contributed by atoms with van der Waals surface area (Å²) in [6.45, 7) is 3.06. The van der Waals surface area contributed by atoms with Crippen molar-refractivity contribution in [3.8, 4) is 0 Å². The van der Waals surface area contributed by atoms with Gasteiger partial charge in [0.25, 0.3) is 0 Å². The number of ether oxygens (including phenoxy) is 1. The van der Waals surface area contributed by atoms with Crippen molar-refractivity contribution in [2.45, 2.75) is 43.4 Å². The van der Waals surface area contributed by atoms with E-state index in [4.69, 9.17) is 9.15 Å². The van der Waals surface area contributed by atoms with Crippen LogP contribution in [0.2, 0.25) is 0 Å². The standard InChI is InChI=1S/C15H23NO4S/c1-21(17,18)15-6-5-14(20-15)10-16-7-8-19-11-13(16)9-12-3-2-4-12/h5-6,12-13H,2-4,7-11H2,1H3/t13-/m0/s1. The number of hydrogen-bond acceptors (Lipinski definition) is 5. The lowest BCUT2D eigenvalue weighted by atomic mass is 9.80. The molecule has 5 nitrogen and oxygen atoms in total. The lowest BCUT2D eigenvalue weighted by molar-refractivity contribution is -0.0273. The van der Waals surface area contributed by atoms with Crippen LogP contribution in [0.3, 0.4) is 0 Å². The third-order valence-corrected chi connectivity index (χ3v) is 5.49. The minimum atomic E-state index is -3.26. The predicted octanol–water partition coefficient (Wildman–Crippen LogP) is 2.07.